The minimum Gasteiger partial charge on any atom is -0.354 e. The number of halogens is 1. The number of imidazole rings is 1. The third kappa shape index (κ3) is 5.62. The van der Waals surface area contributed by atoms with Crippen LogP contribution in [0.1, 0.15) is 19.0 Å². The molecule has 3 heterocycles. The van der Waals surface area contributed by atoms with Crippen molar-refractivity contribution in [2.24, 2.45) is 16.9 Å². The number of ether oxygens (including phenoxy) is 2. The van der Waals surface area contributed by atoms with Crippen LogP contribution in [0.4, 0.5) is 10.3 Å². The normalized spacial score (nSPS) is 19.9. The minimum absolute atomic E-state index is 0.136. The number of nitrogens with two attached hydrogens (primary N) is 2. The first-order chi connectivity index (χ1) is 16.9. The average Bonchev–Trinajstić information content (AvgIpc) is 3.32. The molecule has 1 aliphatic heterocycles. The van der Waals surface area contributed by atoms with Gasteiger partial charge in [-0.05, 0) is 37.3 Å². The maximum absolute atomic E-state index is 13.6. The lowest BCUT2D eigenvalue weighted by atomic mass is 9.91. The van der Waals surface area contributed by atoms with E-state index in [1.165, 1.54) is 12.1 Å². The standard InChI is InChI=1S/C23H29FN8O3/c1-23(21(33)27-10-7-25)12-34-20(35-13-23)19-31-17(14-2-4-15(24)5-3-14)18(32-19)16-6-9-28-22(30-16)29-11-8-26/h2-6,9,20H,7-8,10-13,25-26H2,1H3,(H,27,33)(H,31,32)(H,28,29,30). The van der Waals surface area contributed by atoms with E-state index >= 15 is 0 Å². The summed E-state index contributed by atoms with van der Waals surface area (Å²) < 4.78 is 25.3. The zero-order chi connectivity index (χ0) is 24.8. The van der Waals surface area contributed by atoms with E-state index in [2.05, 4.69) is 25.6 Å². The number of hydrogen-bond donors (Lipinski definition) is 5. The van der Waals surface area contributed by atoms with Crippen LogP contribution in [0.3, 0.4) is 0 Å². The zero-order valence-corrected chi connectivity index (χ0v) is 19.4. The van der Waals surface area contributed by atoms with E-state index in [-0.39, 0.29) is 24.9 Å². The first-order valence-corrected chi connectivity index (χ1v) is 11.3. The summed E-state index contributed by atoms with van der Waals surface area (Å²) in [6.45, 7) is 3.71. The molecule has 186 valence electrons. The van der Waals surface area contributed by atoms with Gasteiger partial charge in [0.05, 0.1) is 35.7 Å². The van der Waals surface area contributed by atoms with Crippen LogP contribution >= 0.6 is 0 Å². The van der Waals surface area contributed by atoms with Crippen LogP contribution in [0.15, 0.2) is 36.5 Å². The van der Waals surface area contributed by atoms with Crippen LogP contribution in [0.5, 0.6) is 0 Å². The van der Waals surface area contributed by atoms with Crippen molar-refractivity contribution >= 4 is 11.9 Å². The second kappa shape index (κ2) is 10.9. The van der Waals surface area contributed by atoms with Crippen molar-refractivity contribution in [3.63, 3.8) is 0 Å². The topological polar surface area (TPSA) is 166 Å². The molecule has 35 heavy (non-hydrogen) atoms. The molecule has 1 amide bonds. The van der Waals surface area contributed by atoms with Gasteiger partial charge in [0.15, 0.2) is 5.82 Å². The van der Waals surface area contributed by atoms with Crippen molar-refractivity contribution in [1.29, 1.82) is 0 Å². The highest BCUT2D eigenvalue weighted by atomic mass is 19.1. The van der Waals surface area contributed by atoms with Gasteiger partial charge in [0.2, 0.25) is 18.1 Å². The summed E-state index contributed by atoms with van der Waals surface area (Å²) in [5.41, 5.74) is 12.6. The van der Waals surface area contributed by atoms with Gasteiger partial charge >= 0.3 is 0 Å². The Morgan fingerprint density at radius 2 is 1.86 bits per heavy atom. The van der Waals surface area contributed by atoms with Crippen molar-refractivity contribution in [2.75, 3.05) is 44.7 Å². The number of aromatic nitrogens is 4. The predicted molar refractivity (Wildman–Crippen MR) is 127 cm³/mol. The Kier molecular flexibility index (Phi) is 7.66. The summed E-state index contributed by atoms with van der Waals surface area (Å²) >= 11 is 0. The summed E-state index contributed by atoms with van der Waals surface area (Å²) in [5.74, 6) is 0.275. The van der Waals surface area contributed by atoms with Crippen molar-refractivity contribution in [1.82, 2.24) is 25.3 Å². The number of nitrogens with one attached hydrogen (secondary N) is 3. The van der Waals surface area contributed by atoms with E-state index in [9.17, 15) is 9.18 Å². The maximum Gasteiger partial charge on any atom is 0.230 e. The number of benzene rings is 1. The molecule has 3 aromatic rings. The molecule has 0 atom stereocenters. The van der Waals surface area contributed by atoms with Gasteiger partial charge in [-0.2, -0.15) is 0 Å². The van der Waals surface area contributed by atoms with Crippen LogP contribution < -0.4 is 22.1 Å². The highest BCUT2D eigenvalue weighted by Crippen LogP contribution is 2.35. The van der Waals surface area contributed by atoms with Gasteiger partial charge in [-0.25, -0.2) is 19.3 Å². The molecule has 1 aliphatic rings. The number of aromatic amines is 1. The number of amides is 1. The van der Waals surface area contributed by atoms with E-state index < -0.39 is 11.7 Å². The van der Waals surface area contributed by atoms with Crippen LogP contribution in [-0.2, 0) is 14.3 Å². The Balaban J connectivity index is 1.62. The van der Waals surface area contributed by atoms with E-state index in [0.717, 1.165) is 0 Å². The Morgan fingerprint density at radius 1 is 1.14 bits per heavy atom. The van der Waals surface area contributed by atoms with E-state index in [1.807, 2.05) is 0 Å². The molecular formula is C23H29FN8O3. The molecule has 1 saturated heterocycles. The van der Waals surface area contributed by atoms with Crippen LogP contribution in [0.25, 0.3) is 22.6 Å². The molecule has 11 nitrogen and oxygen atoms in total. The predicted octanol–water partition coefficient (Wildman–Crippen LogP) is 1.17. The van der Waals surface area contributed by atoms with Gasteiger partial charge in [-0.15, -0.1) is 0 Å². The first-order valence-electron chi connectivity index (χ1n) is 11.3. The monoisotopic (exact) mass is 484 g/mol. The second-order valence-electron chi connectivity index (χ2n) is 8.39. The molecule has 2 aromatic heterocycles. The fraction of sp³-hybridized carbons (Fsp3) is 0.391. The Bertz CT molecular complexity index is 1150. The molecule has 7 N–H and O–H groups in total. The number of carbonyl (C=O) groups excluding carboxylic acids is 1. The molecule has 1 aromatic carbocycles. The van der Waals surface area contributed by atoms with E-state index in [0.29, 0.717) is 60.6 Å². The number of hydrogen-bond acceptors (Lipinski definition) is 9. The van der Waals surface area contributed by atoms with Crippen LogP contribution in [0.2, 0.25) is 0 Å². The molecule has 0 bridgehead atoms. The molecule has 0 saturated carbocycles. The maximum atomic E-state index is 13.6. The number of carbonyl (C=O) groups is 1. The third-order valence-electron chi connectivity index (χ3n) is 5.49. The fourth-order valence-electron chi connectivity index (χ4n) is 3.57. The summed E-state index contributed by atoms with van der Waals surface area (Å²) in [6, 6.07) is 7.73. The van der Waals surface area contributed by atoms with Crippen molar-refractivity contribution in [3.05, 3.63) is 48.2 Å². The number of rotatable bonds is 9. The smallest absolute Gasteiger partial charge is 0.230 e. The summed E-state index contributed by atoms with van der Waals surface area (Å²) in [5, 5.41) is 5.82. The van der Waals surface area contributed by atoms with Gasteiger partial charge in [-0.1, -0.05) is 0 Å². The molecule has 0 spiro atoms. The molecule has 0 radical (unpaired) electrons. The Hall–Kier alpha value is -3.45. The second-order valence-corrected chi connectivity index (χ2v) is 8.39. The average molecular weight is 485 g/mol. The first kappa shape index (κ1) is 24.7. The Morgan fingerprint density at radius 3 is 2.54 bits per heavy atom. The van der Waals surface area contributed by atoms with Crippen molar-refractivity contribution in [2.45, 2.75) is 13.2 Å². The molecule has 1 fully saturated rings. The van der Waals surface area contributed by atoms with E-state index in [4.69, 9.17) is 25.9 Å². The molecular weight excluding hydrogens is 455 g/mol. The fourth-order valence-corrected chi connectivity index (χ4v) is 3.57. The molecule has 0 aliphatic carbocycles. The van der Waals surface area contributed by atoms with Crippen molar-refractivity contribution in [3.8, 4) is 22.6 Å². The van der Waals surface area contributed by atoms with Crippen molar-refractivity contribution < 1.29 is 18.7 Å². The van der Waals surface area contributed by atoms with Gasteiger partial charge in [0, 0.05) is 37.9 Å². The highest BCUT2D eigenvalue weighted by molar-refractivity contribution is 5.82. The summed E-state index contributed by atoms with van der Waals surface area (Å²) in [4.78, 5) is 29.2. The summed E-state index contributed by atoms with van der Waals surface area (Å²) in [6.07, 6.45) is 0.796. The molecule has 12 heteroatoms. The lowest BCUT2D eigenvalue weighted by Gasteiger charge is -2.35. The number of anilines is 1. The lowest BCUT2D eigenvalue weighted by Crippen LogP contribution is -2.49. The molecule has 4 rings (SSSR count). The van der Waals surface area contributed by atoms with E-state index in [1.54, 1.807) is 31.3 Å². The minimum atomic E-state index is -0.850. The van der Waals surface area contributed by atoms with Gasteiger partial charge in [0.1, 0.15) is 5.82 Å². The Labute approximate surface area is 201 Å². The number of H-pyrrole nitrogens is 1. The van der Waals surface area contributed by atoms with Gasteiger partial charge in [0.25, 0.3) is 0 Å². The van der Waals surface area contributed by atoms with Crippen LogP contribution in [0, 0.1) is 11.2 Å². The molecule has 0 unspecified atom stereocenters. The lowest BCUT2D eigenvalue weighted by molar-refractivity contribution is -0.231. The number of nitrogens with zero attached hydrogens (tertiary/aromatic N) is 3. The zero-order valence-electron chi connectivity index (χ0n) is 19.4. The SMILES string of the molecule is CC1(C(=O)NCCN)COC(c2nc(-c3ccc(F)cc3)c(-c3ccnc(NCCN)n3)[nH]2)OC1. The third-order valence-corrected chi connectivity index (χ3v) is 5.49. The summed E-state index contributed by atoms with van der Waals surface area (Å²) in [7, 11) is 0. The largest absolute Gasteiger partial charge is 0.354 e. The van der Waals surface area contributed by atoms with Crippen LogP contribution in [-0.4, -0.2) is 65.2 Å². The quantitative estimate of drug-likeness (QED) is 0.300. The highest BCUT2D eigenvalue weighted by Gasteiger charge is 2.40. The van der Waals surface area contributed by atoms with Gasteiger partial charge in [-0.3, -0.25) is 4.79 Å². The van der Waals surface area contributed by atoms with Gasteiger partial charge < -0.3 is 36.6 Å².